The van der Waals surface area contributed by atoms with E-state index in [0.717, 1.165) is 23.2 Å². The molecule has 2 aliphatic rings. The van der Waals surface area contributed by atoms with Crippen molar-refractivity contribution < 1.29 is 4.74 Å². The van der Waals surface area contributed by atoms with Gasteiger partial charge < -0.3 is 10.1 Å². The lowest BCUT2D eigenvalue weighted by Crippen LogP contribution is -2.65. The average molecular weight is 352 g/mol. The molecule has 2 atom stereocenters. The van der Waals surface area contributed by atoms with Gasteiger partial charge in [-0.25, -0.2) is 0 Å². The molecule has 0 saturated heterocycles. The van der Waals surface area contributed by atoms with Crippen LogP contribution in [0.15, 0.2) is 28.7 Å². The Hall–Kier alpha value is -0.540. The highest BCUT2D eigenvalue weighted by Gasteiger charge is 2.56. The average Bonchev–Trinajstić information content (AvgIpc) is 2.53. The first-order valence-corrected chi connectivity index (χ1v) is 9.19. The summed E-state index contributed by atoms with van der Waals surface area (Å²) < 4.78 is 7.46. The zero-order chi connectivity index (χ0) is 14.7. The molecule has 2 saturated carbocycles. The summed E-state index contributed by atoms with van der Waals surface area (Å²) in [6.45, 7) is 3.38. The van der Waals surface area contributed by atoms with E-state index in [1.165, 1.54) is 38.5 Å². The molecule has 0 bridgehead atoms. The molecule has 0 heterocycles. The quantitative estimate of drug-likeness (QED) is 0.812. The molecule has 0 radical (unpaired) electrons. The first-order chi connectivity index (χ1) is 10.2. The fourth-order valence-electron chi connectivity index (χ4n) is 4.08. The lowest BCUT2D eigenvalue weighted by Gasteiger charge is -2.57. The van der Waals surface area contributed by atoms with E-state index in [4.69, 9.17) is 4.74 Å². The van der Waals surface area contributed by atoms with Crippen LogP contribution in [0.4, 0.5) is 0 Å². The zero-order valence-electron chi connectivity index (χ0n) is 12.9. The third kappa shape index (κ3) is 3.14. The predicted octanol–water partition coefficient (Wildman–Crippen LogP) is 4.92. The van der Waals surface area contributed by atoms with Crippen molar-refractivity contribution in [3.8, 4) is 5.75 Å². The number of halogens is 1. The summed E-state index contributed by atoms with van der Waals surface area (Å²) in [5, 5.41) is 3.77. The van der Waals surface area contributed by atoms with Gasteiger partial charge in [0, 0.05) is 22.4 Å². The fraction of sp³-hybridized carbons (Fsp3) is 0.667. The highest BCUT2D eigenvalue weighted by Crippen LogP contribution is 2.53. The molecule has 0 amide bonds. The van der Waals surface area contributed by atoms with Crippen LogP contribution in [0.5, 0.6) is 5.75 Å². The lowest BCUT2D eigenvalue weighted by atomic mass is 9.55. The molecule has 1 aromatic rings. The number of hydrogen-bond acceptors (Lipinski definition) is 2. The minimum Gasteiger partial charge on any atom is -0.490 e. The van der Waals surface area contributed by atoms with E-state index < -0.39 is 0 Å². The second kappa shape index (κ2) is 6.70. The Kier molecular flexibility index (Phi) is 4.90. The Bertz CT molecular complexity index is 453. The molecule has 0 aliphatic heterocycles. The molecule has 3 rings (SSSR count). The minimum atomic E-state index is 0.389. The van der Waals surface area contributed by atoms with Crippen LogP contribution in [-0.2, 0) is 0 Å². The van der Waals surface area contributed by atoms with Crippen LogP contribution in [0.1, 0.15) is 51.9 Å². The van der Waals surface area contributed by atoms with Crippen LogP contribution < -0.4 is 10.1 Å². The molecule has 1 spiro atoms. The minimum absolute atomic E-state index is 0.389. The van der Waals surface area contributed by atoms with E-state index in [2.05, 4.69) is 52.4 Å². The number of benzene rings is 1. The van der Waals surface area contributed by atoms with E-state index in [1.54, 1.807) is 0 Å². The summed E-state index contributed by atoms with van der Waals surface area (Å²) in [6.07, 6.45) is 9.56. The molecule has 116 valence electrons. The summed E-state index contributed by atoms with van der Waals surface area (Å²) in [4.78, 5) is 0. The van der Waals surface area contributed by atoms with Crippen LogP contribution in [0.25, 0.3) is 0 Å². The summed E-state index contributed by atoms with van der Waals surface area (Å²) in [7, 11) is 0. The Labute approximate surface area is 136 Å². The number of nitrogens with one attached hydrogen (secondary N) is 1. The van der Waals surface area contributed by atoms with Gasteiger partial charge in [0.2, 0.25) is 0 Å². The van der Waals surface area contributed by atoms with Crippen LogP contribution in [0.2, 0.25) is 0 Å². The molecule has 1 N–H and O–H groups in total. The van der Waals surface area contributed by atoms with E-state index in [-0.39, 0.29) is 0 Å². The highest BCUT2D eigenvalue weighted by atomic mass is 79.9. The number of ether oxygens (including phenoxy) is 1. The zero-order valence-corrected chi connectivity index (χ0v) is 14.5. The molecule has 2 unspecified atom stereocenters. The van der Waals surface area contributed by atoms with Gasteiger partial charge in [-0.05, 0) is 50.1 Å². The standard InChI is InChI=1S/C18H26BrNO/c1-2-12-20-16-13-17(18(16)10-4-3-5-11-18)21-15-8-6-14(19)7-9-15/h6-9,16-17,20H,2-5,10-13H2,1H3. The van der Waals surface area contributed by atoms with Crippen LogP contribution in [0.3, 0.4) is 0 Å². The van der Waals surface area contributed by atoms with Gasteiger partial charge in [-0.15, -0.1) is 0 Å². The fourth-order valence-corrected chi connectivity index (χ4v) is 4.34. The Morgan fingerprint density at radius 1 is 1.19 bits per heavy atom. The highest BCUT2D eigenvalue weighted by molar-refractivity contribution is 9.10. The van der Waals surface area contributed by atoms with Crippen LogP contribution in [0, 0.1) is 5.41 Å². The van der Waals surface area contributed by atoms with Gasteiger partial charge in [0.15, 0.2) is 0 Å². The van der Waals surface area contributed by atoms with Gasteiger partial charge in [-0.2, -0.15) is 0 Å². The molecule has 2 fully saturated rings. The van der Waals surface area contributed by atoms with Gasteiger partial charge >= 0.3 is 0 Å². The van der Waals surface area contributed by atoms with Crippen molar-refractivity contribution in [2.24, 2.45) is 5.41 Å². The van der Waals surface area contributed by atoms with Crippen molar-refractivity contribution in [3.05, 3.63) is 28.7 Å². The molecule has 2 nitrogen and oxygen atoms in total. The molecule has 2 aliphatic carbocycles. The number of hydrogen-bond donors (Lipinski definition) is 1. The lowest BCUT2D eigenvalue weighted by molar-refractivity contribution is -0.103. The normalized spacial score (nSPS) is 27.3. The molecule has 1 aromatic carbocycles. The first-order valence-electron chi connectivity index (χ1n) is 8.40. The summed E-state index contributed by atoms with van der Waals surface area (Å²) in [6, 6.07) is 8.95. The van der Waals surface area contributed by atoms with Gasteiger partial charge in [0.25, 0.3) is 0 Å². The van der Waals surface area contributed by atoms with E-state index in [9.17, 15) is 0 Å². The Morgan fingerprint density at radius 2 is 1.90 bits per heavy atom. The van der Waals surface area contributed by atoms with Crippen molar-refractivity contribution in [1.29, 1.82) is 0 Å². The first kappa shape index (κ1) is 15.4. The van der Waals surface area contributed by atoms with Crippen molar-refractivity contribution in [1.82, 2.24) is 5.32 Å². The van der Waals surface area contributed by atoms with Gasteiger partial charge in [-0.3, -0.25) is 0 Å². The molecular weight excluding hydrogens is 326 g/mol. The van der Waals surface area contributed by atoms with Gasteiger partial charge in [0.05, 0.1) is 0 Å². The maximum absolute atomic E-state index is 6.35. The van der Waals surface area contributed by atoms with Crippen molar-refractivity contribution >= 4 is 15.9 Å². The topological polar surface area (TPSA) is 21.3 Å². The van der Waals surface area contributed by atoms with E-state index >= 15 is 0 Å². The largest absolute Gasteiger partial charge is 0.490 e. The Balaban J connectivity index is 1.68. The Morgan fingerprint density at radius 3 is 2.57 bits per heavy atom. The van der Waals surface area contributed by atoms with E-state index in [1.807, 2.05) is 0 Å². The van der Waals surface area contributed by atoms with E-state index in [0.29, 0.717) is 17.6 Å². The SMILES string of the molecule is CCCNC1CC(Oc2ccc(Br)cc2)C12CCCCC2. The predicted molar refractivity (Wildman–Crippen MR) is 90.8 cm³/mol. The summed E-state index contributed by atoms with van der Waals surface area (Å²) in [5.41, 5.74) is 0.389. The van der Waals surface area contributed by atoms with Crippen molar-refractivity contribution in [2.45, 2.75) is 64.0 Å². The molecule has 3 heteroatoms. The van der Waals surface area contributed by atoms with Crippen LogP contribution >= 0.6 is 15.9 Å². The second-order valence-corrected chi connectivity index (χ2v) is 7.51. The van der Waals surface area contributed by atoms with Crippen LogP contribution in [-0.4, -0.2) is 18.7 Å². The third-order valence-corrected chi connectivity index (χ3v) is 5.83. The molecule has 21 heavy (non-hydrogen) atoms. The van der Waals surface area contributed by atoms with Gasteiger partial charge in [0.1, 0.15) is 11.9 Å². The molecule has 0 aromatic heterocycles. The van der Waals surface area contributed by atoms with Gasteiger partial charge in [-0.1, -0.05) is 42.1 Å². The molecular formula is C18H26BrNO. The number of rotatable bonds is 5. The maximum Gasteiger partial charge on any atom is 0.119 e. The summed E-state index contributed by atoms with van der Waals surface area (Å²) >= 11 is 3.49. The third-order valence-electron chi connectivity index (χ3n) is 5.30. The summed E-state index contributed by atoms with van der Waals surface area (Å²) in [5.74, 6) is 1.02. The maximum atomic E-state index is 6.35. The monoisotopic (exact) mass is 351 g/mol. The van der Waals surface area contributed by atoms with Crippen molar-refractivity contribution in [3.63, 3.8) is 0 Å². The second-order valence-electron chi connectivity index (χ2n) is 6.60. The van der Waals surface area contributed by atoms with Crippen molar-refractivity contribution in [2.75, 3.05) is 6.54 Å². The smallest absolute Gasteiger partial charge is 0.119 e.